The van der Waals surface area contributed by atoms with E-state index in [9.17, 15) is 4.79 Å². The lowest BCUT2D eigenvalue weighted by atomic mass is 10.2. The van der Waals surface area contributed by atoms with Crippen molar-refractivity contribution in [2.75, 3.05) is 0 Å². The predicted molar refractivity (Wildman–Crippen MR) is 67.9 cm³/mol. The van der Waals surface area contributed by atoms with Gasteiger partial charge in [-0.05, 0) is 28.9 Å². The standard InChI is InChI=1S/C12H11BrN2O2/c1-7-8-3-2-4-9(13)12(8)15-10(14-7)5-6-11(16)17/h2-4H,5-6H2,1H3,(H,16,17). The molecule has 0 radical (unpaired) electrons. The van der Waals surface area contributed by atoms with Crippen molar-refractivity contribution in [2.24, 2.45) is 0 Å². The van der Waals surface area contributed by atoms with E-state index in [4.69, 9.17) is 5.11 Å². The van der Waals surface area contributed by atoms with Crippen LogP contribution in [0.3, 0.4) is 0 Å². The van der Waals surface area contributed by atoms with Crippen molar-refractivity contribution < 1.29 is 9.90 Å². The van der Waals surface area contributed by atoms with E-state index in [-0.39, 0.29) is 6.42 Å². The van der Waals surface area contributed by atoms with E-state index in [1.165, 1.54) is 0 Å². The van der Waals surface area contributed by atoms with Crippen molar-refractivity contribution in [1.29, 1.82) is 0 Å². The number of aryl methyl sites for hydroxylation is 2. The van der Waals surface area contributed by atoms with Crippen LogP contribution in [-0.2, 0) is 11.2 Å². The summed E-state index contributed by atoms with van der Waals surface area (Å²) in [6.07, 6.45) is 0.406. The van der Waals surface area contributed by atoms with Gasteiger partial charge in [0.15, 0.2) is 0 Å². The summed E-state index contributed by atoms with van der Waals surface area (Å²) in [5.41, 5.74) is 1.71. The minimum atomic E-state index is -0.835. The molecule has 0 atom stereocenters. The summed E-state index contributed by atoms with van der Waals surface area (Å²) in [4.78, 5) is 19.2. The van der Waals surface area contributed by atoms with E-state index in [1.54, 1.807) is 0 Å². The second-order valence-electron chi connectivity index (χ2n) is 3.75. The first-order valence-corrected chi connectivity index (χ1v) is 6.01. The van der Waals surface area contributed by atoms with Gasteiger partial charge in [0.25, 0.3) is 0 Å². The Morgan fingerprint density at radius 3 is 2.88 bits per heavy atom. The van der Waals surface area contributed by atoms with Crippen LogP contribution in [-0.4, -0.2) is 21.0 Å². The largest absolute Gasteiger partial charge is 0.481 e. The number of carboxylic acids is 1. The molecule has 0 aliphatic rings. The zero-order valence-electron chi connectivity index (χ0n) is 9.27. The Morgan fingerprint density at radius 2 is 2.18 bits per heavy atom. The van der Waals surface area contributed by atoms with E-state index in [0.29, 0.717) is 12.2 Å². The number of fused-ring (bicyclic) bond motifs is 1. The van der Waals surface area contributed by atoms with E-state index >= 15 is 0 Å². The van der Waals surface area contributed by atoms with Crippen LogP contribution in [0.2, 0.25) is 0 Å². The number of carbonyl (C=O) groups is 1. The van der Waals surface area contributed by atoms with Gasteiger partial charge < -0.3 is 5.11 Å². The van der Waals surface area contributed by atoms with E-state index in [0.717, 1.165) is 21.1 Å². The third-order valence-electron chi connectivity index (χ3n) is 2.48. The number of para-hydroxylation sites is 1. The van der Waals surface area contributed by atoms with Crippen LogP contribution in [0.25, 0.3) is 10.9 Å². The van der Waals surface area contributed by atoms with Gasteiger partial charge in [0.05, 0.1) is 11.9 Å². The summed E-state index contributed by atoms with van der Waals surface area (Å²) < 4.78 is 0.900. The van der Waals surface area contributed by atoms with Crippen molar-refractivity contribution >= 4 is 32.8 Å². The van der Waals surface area contributed by atoms with Crippen LogP contribution in [0.4, 0.5) is 0 Å². The van der Waals surface area contributed by atoms with Crippen molar-refractivity contribution in [3.05, 3.63) is 34.2 Å². The number of rotatable bonds is 3. The molecule has 1 aromatic heterocycles. The van der Waals surface area contributed by atoms with Crippen molar-refractivity contribution in [1.82, 2.24) is 9.97 Å². The number of nitrogens with zero attached hydrogens (tertiary/aromatic N) is 2. The molecule has 0 aliphatic carbocycles. The molecule has 5 heteroatoms. The number of halogens is 1. The molecule has 0 spiro atoms. The van der Waals surface area contributed by atoms with Gasteiger partial charge in [-0.25, -0.2) is 9.97 Å². The fourth-order valence-electron chi connectivity index (χ4n) is 1.66. The summed E-state index contributed by atoms with van der Waals surface area (Å²) in [6.45, 7) is 1.90. The van der Waals surface area contributed by atoms with Crippen molar-refractivity contribution in [2.45, 2.75) is 19.8 Å². The highest BCUT2D eigenvalue weighted by Gasteiger charge is 2.08. The molecule has 1 heterocycles. The molecule has 0 unspecified atom stereocenters. The first kappa shape index (κ1) is 12.0. The summed E-state index contributed by atoms with van der Waals surface area (Å²) in [5, 5.41) is 9.63. The lowest BCUT2D eigenvalue weighted by molar-refractivity contribution is -0.137. The second-order valence-corrected chi connectivity index (χ2v) is 4.61. The number of aromatic nitrogens is 2. The molecule has 0 saturated carbocycles. The van der Waals surface area contributed by atoms with Crippen LogP contribution in [0.1, 0.15) is 17.9 Å². The minimum absolute atomic E-state index is 0.0510. The first-order chi connectivity index (χ1) is 8.08. The van der Waals surface area contributed by atoms with Crippen molar-refractivity contribution in [3.8, 4) is 0 Å². The van der Waals surface area contributed by atoms with Crippen molar-refractivity contribution in [3.63, 3.8) is 0 Å². The topological polar surface area (TPSA) is 63.1 Å². The Morgan fingerprint density at radius 1 is 1.41 bits per heavy atom. The third-order valence-corrected chi connectivity index (χ3v) is 3.12. The molecular weight excluding hydrogens is 284 g/mol. The van der Waals surface area contributed by atoms with Gasteiger partial charge in [0.1, 0.15) is 5.82 Å². The van der Waals surface area contributed by atoms with Crippen LogP contribution < -0.4 is 0 Å². The molecule has 0 fully saturated rings. The molecule has 17 heavy (non-hydrogen) atoms. The number of hydrogen-bond acceptors (Lipinski definition) is 3. The van der Waals surface area contributed by atoms with Gasteiger partial charge in [-0.15, -0.1) is 0 Å². The van der Waals surface area contributed by atoms with Gasteiger partial charge in [-0.2, -0.15) is 0 Å². The van der Waals surface area contributed by atoms with Gasteiger partial charge in [0, 0.05) is 22.0 Å². The highest BCUT2D eigenvalue weighted by atomic mass is 79.9. The molecular formula is C12H11BrN2O2. The Labute approximate surface area is 107 Å². The van der Waals surface area contributed by atoms with E-state index in [1.807, 2.05) is 25.1 Å². The van der Waals surface area contributed by atoms with Crippen LogP contribution >= 0.6 is 15.9 Å². The minimum Gasteiger partial charge on any atom is -0.481 e. The third kappa shape index (κ3) is 2.61. The van der Waals surface area contributed by atoms with Gasteiger partial charge in [0.2, 0.25) is 0 Å². The summed E-state index contributed by atoms with van der Waals surface area (Å²) in [6, 6.07) is 5.80. The Balaban J connectivity index is 2.46. The second kappa shape index (κ2) is 4.79. The highest BCUT2D eigenvalue weighted by molar-refractivity contribution is 9.10. The molecule has 1 N–H and O–H groups in total. The molecule has 2 aromatic rings. The van der Waals surface area contributed by atoms with Crippen LogP contribution in [0.15, 0.2) is 22.7 Å². The number of carboxylic acid groups (broad SMARTS) is 1. The average Bonchev–Trinajstić information content (AvgIpc) is 2.28. The Bertz CT molecular complexity index is 584. The maximum absolute atomic E-state index is 10.5. The molecule has 0 aliphatic heterocycles. The van der Waals surface area contributed by atoms with Gasteiger partial charge in [-0.3, -0.25) is 4.79 Å². The van der Waals surface area contributed by atoms with Crippen LogP contribution in [0, 0.1) is 6.92 Å². The maximum Gasteiger partial charge on any atom is 0.303 e. The highest BCUT2D eigenvalue weighted by Crippen LogP contribution is 2.23. The SMILES string of the molecule is Cc1nc(CCC(=O)O)nc2c(Br)cccc12. The maximum atomic E-state index is 10.5. The zero-order valence-corrected chi connectivity index (χ0v) is 10.9. The van der Waals surface area contributed by atoms with Gasteiger partial charge in [-0.1, -0.05) is 12.1 Å². The fraction of sp³-hybridized carbons (Fsp3) is 0.250. The Hall–Kier alpha value is -1.49. The monoisotopic (exact) mass is 294 g/mol. The normalized spacial score (nSPS) is 10.7. The quantitative estimate of drug-likeness (QED) is 0.945. The lowest BCUT2D eigenvalue weighted by Crippen LogP contribution is -2.03. The lowest BCUT2D eigenvalue weighted by Gasteiger charge is -2.05. The van der Waals surface area contributed by atoms with E-state index in [2.05, 4.69) is 25.9 Å². The average molecular weight is 295 g/mol. The number of aliphatic carboxylic acids is 1. The first-order valence-electron chi connectivity index (χ1n) is 5.21. The zero-order chi connectivity index (χ0) is 12.4. The molecule has 0 amide bonds. The molecule has 4 nitrogen and oxygen atoms in total. The fourth-order valence-corrected chi connectivity index (χ4v) is 2.11. The molecule has 0 bridgehead atoms. The van der Waals surface area contributed by atoms with E-state index < -0.39 is 5.97 Å². The summed E-state index contributed by atoms with van der Waals surface area (Å²) in [7, 11) is 0. The molecule has 0 saturated heterocycles. The number of benzene rings is 1. The summed E-state index contributed by atoms with van der Waals surface area (Å²) in [5.74, 6) is -0.261. The molecule has 2 rings (SSSR count). The molecule has 88 valence electrons. The molecule has 1 aromatic carbocycles. The van der Waals surface area contributed by atoms with Crippen LogP contribution in [0.5, 0.6) is 0 Å². The number of hydrogen-bond donors (Lipinski definition) is 1. The van der Waals surface area contributed by atoms with Gasteiger partial charge >= 0.3 is 5.97 Å². The summed E-state index contributed by atoms with van der Waals surface area (Å²) >= 11 is 3.44. The predicted octanol–water partition coefficient (Wildman–Crippen LogP) is 2.72. The Kier molecular flexibility index (Phi) is 3.38. The smallest absolute Gasteiger partial charge is 0.303 e.